The van der Waals surface area contributed by atoms with E-state index in [1.165, 1.54) is 17.7 Å². The Morgan fingerprint density at radius 2 is 1.03 bits per heavy atom. The standard InChI is InChI=1S/C70H116N10O18S2/c1-49-41-53(42-50(2)63(49)100(92,93)75-54(65(88)98-70(15,16)17)43-72-58(83)26-19-18-24-52-29-28-51-23-21-31-80(64(51)73-52)66(3,4)5)94-40-22-27-57(82)71-30-20-25-56(81)55(48-99(89,90)91)74-59(84)44-76-32-34-77(45-60(85)95-67(6,7)8)36-38-79(47-62(87)97-69(12,13)14)39-37-78(35-33-76)46-61(86)96-68(9,10)11/h28-29,41-42,54-55,75H,18-27,30-40,43-48H2,1-17H3,(H,71,82)(H,72,83)(H,74,84)(H,89,90,91)/t54-,55-/m0/s1. The second-order valence-electron chi connectivity index (χ2n) is 30.9. The predicted octanol–water partition coefficient (Wildman–Crippen LogP) is 5.01. The summed E-state index contributed by atoms with van der Waals surface area (Å²) in [7, 11) is -9.20. The van der Waals surface area contributed by atoms with Gasteiger partial charge in [0.15, 0.2) is 5.78 Å². The molecule has 0 saturated carbocycles. The highest BCUT2D eigenvalue weighted by Gasteiger charge is 2.34. The maximum absolute atomic E-state index is 14.1. The molecule has 2 aromatic rings. The molecule has 100 heavy (non-hydrogen) atoms. The zero-order chi connectivity index (χ0) is 75.2. The highest BCUT2D eigenvalue weighted by molar-refractivity contribution is 7.89. The lowest BCUT2D eigenvalue weighted by atomic mass is 9.98. The molecule has 2 atom stereocenters. The van der Waals surface area contributed by atoms with E-state index < -0.39 is 95.9 Å². The molecule has 5 N–H and O–H groups in total. The lowest BCUT2D eigenvalue weighted by Crippen LogP contribution is -2.52. The van der Waals surface area contributed by atoms with E-state index in [0.29, 0.717) is 49.2 Å². The third-order valence-corrected chi connectivity index (χ3v) is 18.2. The number of carbonyl (C=O) groups excluding carboxylic acids is 8. The molecule has 0 bridgehead atoms. The summed E-state index contributed by atoms with van der Waals surface area (Å²) in [4.78, 5) is 121. The van der Waals surface area contributed by atoms with E-state index in [4.69, 9.17) is 28.7 Å². The van der Waals surface area contributed by atoms with Crippen LogP contribution in [0.15, 0.2) is 29.2 Å². The summed E-state index contributed by atoms with van der Waals surface area (Å²) in [5, 5.41) is 7.91. The van der Waals surface area contributed by atoms with Crippen molar-refractivity contribution in [3.63, 3.8) is 0 Å². The number of aryl methyl sites for hydroxylation is 4. The van der Waals surface area contributed by atoms with E-state index >= 15 is 0 Å². The molecule has 3 amide bonds. The summed E-state index contributed by atoms with van der Waals surface area (Å²) in [6.45, 7) is 32.3. The van der Waals surface area contributed by atoms with Crippen LogP contribution in [0.1, 0.15) is 178 Å². The number of amides is 3. The number of fused-ring (bicyclic) bond motifs is 1. The molecule has 0 unspecified atom stereocenters. The molecule has 28 nitrogen and oxygen atoms in total. The van der Waals surface area contributed by atoms with Gasteiger partial charge in [-0.3, -0.25) is 62.5 Å². The van der Waals surface area contributed by atoms with Gasteiger partial charge in [-0.05, 0) is 198 Å². The first-order chi connectivity index (χ1) is 46.1. The molecule has 2 aliphatic heterocycles. The number of nitrogens with zero attached hydrogens (tertiary/aromatic N) is 6. The van der Waals surface area contributed by atoms with Crippen LogP contribution in [0.5, 0.6) is 5.75 Å². The summed E-state index contributed by atoms with van der Waals surface area (Å²) in [6, 6.07) is 4.09. The van der Waals surface area contributed by atoms with Crippen molar-refractivity contribution < 1.29 is 83.4 Å². The Bertz CT molecular complexity index is 3260. The van der Waals surface area contributed by atoms with Crippen molar-refractivity contribution >= 4 is 73.3 Å². The minimum Gasteiger partial charge on any atom is -0.494 e. The van der Waals surface area contributed by atoms with Gasteiger partial charge in [0, 0.05) is 102 Å². The summed E-state index contributed by atoms with van der Waals surface area (Å²) >= 11 is 0. The SMILES string of the molecule is Cc1cc(OCCCC(=O)NCCCC(=O)[C@H](CS(=O)(=O)O)NC(=O)CN2CCN(CC(=O)OC(C)(C)C)CCN(CC(=O)OC(C)(C)C)CCN(CC(=O)OC(C)(C)C)CC2)cc(C)c1S(=O)(=O)N[C@@H](CNC(=O)CCCCc1ccc2c(n1)N(C(C)(C)C)CCC2)C(=O)OC(C)(C)C. The number of ketones is 1. The van der Waals surface area contributed by atoms with Gasteiger partial charge in [0.2, 0.25) is 27.7 Å². The maximum atomic E-state index is 14.1. The number of Topliss-reactive ketones (excluding diaryl/α,β-unsaturated/α-hetero) is 1. The molecule has 1 aromatic heterocycles. The van der Waals surface area contributed by atoms with Gasteiger partial charge in [0.05, 0.1) is 37.7 Å². The second kappa shape index (κ2) is 38.2. The highest BCUT2D eigenvalue weighted by Crippen LogP contribution is 2.32. The van der Waals surface area contributed by atoms with Gasteiger partial charge in [-0.15, -0.1) is 0 Å². The summed E-state index contributed by atoms with van der Waals surface area (Å²) in [5.41, 5.74) is -0.562. The lowest BCUT2D eigenvalue weighted by Gasteiger charge is -2.40. The quantitative estimate of drug-likeness (QED) is 0.0278. The molecule has 3 heterocycles. The first-order valence-corrected chi connectivity index (χ1v) is 37.8. The maximum Gasteiger partial charge on any atom is 0.326 e. The molecule has 566 valence electrons. The Morgan fingerprint density at radius 3 is 1.50 bits per heavy atom. The predicted molar refractivity (Wildman–Crippen MR) is 380 cm³/mol. The van der Waals surface area contributed by atoms with Gasteiger partial charge in [-0.25, -0.2) is 13.4 Å². The fraction of sp³-hybridized carbons (Fsp3) is 0.729. The molecule has 1 aromatic carbocycles. The number of esters is 4. The first-order valence-electron chi connectivity index (χ1n) is 34.7. The molecule has 30 heteroatoms. The zero-order valence-electron chi connectivity index (χ0n) is 62.4. The van der Waals surface area contributed by atoms with Crippen LogP contribution in [0.25, 0.3) is 0 Å². The van der Waals surface area contributed by atoms with Gasteiger partial charge in [0.1, 0.15) is 51.8 Å². The number of hydrogen-bond donors (Lipinski definition) is 5. The van der Waals surface area contributed by atoms with Crippen molar-refractivity contribution in [1.29, 1.82) is 0 Å². The van der Waals surface area contributed by atoms with E-state index in [-0.39, 0.29) is 139 Å². The number of pyridine rings is 1. The van der Waals surface area contributed by atoms with Crippen molar-refractivity contribution in [2.24, 2.45) is 0 Å². The van der Waals surface area contributed by atoms with E-state index in [1.54, 1.807) is 102 Å². The van der Waals surface area contributed by atoms with Crippen LogP contribution in [0.4, 0.5) is 5.82 Å². The van der Waals surface area contributed by atoms with Crippen LogP contribution in [-0.4, -0.2) is 244 Å². The van der Waals surface area contributed by atoms with Crippen molar-refractivity contribution in [1.82, 2.24) is 45.3 Å². The Hall–Kier alpha value is -6.41. The topological polar surface area (TPSA) is 348 Å². The number of unbranched alkanes of at least 4 members (excludes halogenated alkanes) is 1. The smallest absolute Gasteiger partial charge is 0.326 e. The molecule has 0 spiro atoms. The molecule has 0 radical (unpaired) electrons. The number of carbonyl (C=O) groups is 8. The Kier molecular flexibility index (Phi) is 32.9. The van der Waals surface area contributed by atoms with Crippen molar-refractivity contribution in [2.45, 2.75) is 227 Å². The highest BCUT2D eigenvalue weighted by atomic mass is 32.2. The number of anilines is 1. The Balaban J connectivity index is 1.32. The second-order valence-corrected chi connectivity index (χ2v) is 34.1. The van der Waals surface area contributed by atoms with Crippen LogP contribution in [0.3, 0.4) is 0 Å². The number of benzene rings is 1. The lowest BCUT2D eigenvalue weighted by molar-refractivity contribution is -0.158. The molecule has 4 rings (SSSR count). The monoisotopic (exact) mass is 1450 g/mol. The molecule has 2 aliphatic rings. The number of rotatable bonds is 32. The van der Waals surface area contributed by atoms with E-state index in [9.17, 15) is 59.7 Å². The van der Waals surface area contributed by atoms with Crippen LogP contribution in [0, 0.1) is 13.8 Å². The fourth-order valence-corrected chi connectivity index (χ4v) is 13.6. The average molecular weight is 1450 g/mol. The van der Waals surface area contributed by atoms with Crippen molar-refractivity contribution in [2.75, 3.05) is 115 Å². The van der Waals surface area contributed by atoms with Gasteiger partial charge >= 0.3 is 23.9 Å². The summed E-state index contributed by atoms with van der Waals surface area (Å²) in [6.07, 6.45) is 4.09. The zero-order valence-corrected chi connectivity index (χ0v) is 64.1. The number of aromatic nitrogens is 1. The largest absolute Gasteiger partial charge is 0.494 e. The molecule has 1 saturated heterocycles. The third kappa shape index (κ3) is 34.0. The number of ether oxygens (including phenoxy) is 5. The van der Waals surface area contributed by atoms with Gasteiger partial charge < -0.3 is 44.5 Å². The molecular formula is C70H116N10O18S2. The number of hydrogen-bond acceptors (Lipinski definition) is 23. The summed E-state index contributed by atoms with van der Waals surface area (Å²) in [5.74, 6) is -4.32. The fourth-order valence-electron chi connectivity index (χ4n) is 11.3. The van der Waals surface area contributed by atoms with E-state index in [2.05, 4.69) is 52.4 Å². The normalized spacial score (nSPS) is 16.2. The van der Waals surface area contributed by atoms with Crippen molar-refractivity contribution in [3.05, 3.63) is 46.6 Å². The number of sulfonamides is 1. The van der Waals surface area contributed by atoms with Crippen LogP contribution in [-0.2, 0) is 90.3 Å². The molecule has 1 fully saturated rings. The van der Waals surface area contributed by atoms with Gasteiger partial charge in [0.25, 0.3) is 10.1 Å². The van der Waals surface area contributed by atoms with Crippen LogP contribution in [0.2, 0.25) is 0 Å². The van der Waals surface area contributed by atoms with Crippen LogP contribution >= 0.6 is 0 Å². The van der Waals surface area contributed by atoms with Gasteiger partial charge in [-0.2, -0.15) is 13.1 Å². The van der Waals surface area contributed by atoms with E-state index in [1.807, 2.05) is 20.8 Å². The molecule has 0 aliphatic carbocycles. The van der Waals surface area contributed by atoms with Crippen LogP contribution < -0.4 is 30.3 Å². The number of nitrogens with one attached hydrogen (secondary N) is 4. The summed E-state index contributed by atoms with van der Waals surface area (Å²) < 4.78 is 93.4. The third-order valence-electron chi connectivity index (χ3n) is 15.6. The average Bonchev–Trinajstić information content (AvgIpc) is 0.796. The Labute approximate surface area is 593 Å². The van der Waals surface area contributed by atoms with Crippen molar-refractivity contribution in [3.8, 4) is 5.75 Å². The first kappa shape index (κ1) is 86.0. The Morgan fingerprint density at radius 1 is 0.560 bits per heavy atom. The van der Waals surface area contributed by atoms with E-state index in [0.717, 1.165) is 30.9 Å². The molecular weight excluding hydrogens is 1330 g/mol. The minimum atomic E-state index is -4.80. The minimum absolute atomic E-state index is 0.000478. The van der Waals surface area contributed by atoms with Gasteiger partial charge in [-0.1, -0.05) is 6.07 Å².